The van der Waals surface area contributed by atoms with E-state index in [2.05, 4.69) is 17.2 Å². The Kier molecular flexibility index (Phi) is 6.79. The van der Waals surface area contributed by atoms with Crippen molar-refractivity contribution < 1.29 is 35.9 Å². The average Bonchev–Trinajstić information content (AvgIpc) is 3.59. The first kappa shape index (κ1) is 27.9. The third kappa shape index (κ3) is 5.49. The molecule has 1 heterocycles. The van der Waals surface area contributed by atoms with Gasteiger partial charge in [0.05, 0.1) is 16.2 Å². The van der Waals surface area contributed by atoms with E-state index in [-0.39, 0.29) is 41.2 Å². The molecule has 5 nitrogen and oxygen atoms in total. The second-order valence-corrected chi connectivity index (χ2v) is 12.5. The number of halogens is 4. The summed E-state index contributed by atoms with van der Waals surface area (Å²) in [6.07, 6.45) is -4.36. The number of fused-ring (bicyclic) bond motifs is 1. The van der Waals surface area contributed by atoms with E-state index in [9.17, 15) is 35.9 Å². The van der Waals surface area contributed by atoms with Crippen LogP contribution in [0.3, 0.4) is 0 Å². The molecule has 10 heteroatoms. The topological polar surface area (TPSA) is 83.5 Å². The van der Waals surface area contributed by atoms with Gasteiger partial charge in [0.25, 0.3) is 5.91 Å². The largest absolute Gasteiger partial charge is 0.416 e. The number of amides is 1. The van der Waals surface area contributed by atoms with Crippen molar-refractivity contribution in [2.24, 2.45) is 0 Å². The molecule has 0 saturated heterocycles. The fraction of sp³-hybridized carbons (Fsp3) is 0.300. The van der Waals surface area contributed by atoms with E-state index in [1.165, 1.54) is 18.2 Å². The summed E-state index contributed by atoms with van der Waals surface area (Å²) in [6, 6.07) is 13.4. The summed E-state index contributed by atoms with van der Waals surface area (Å²) in [5.41, 5.74) is -2.68. The fourth-order valence-electron chi connectivity index (χ4n) is 5.03. The highest BCUT2D eigenvalue weighted by atomic mass is 32.2. The van der Waals surface area contributed by atoms with Crippen LogP contribution in [0.15, 0.2) is 65.6 Å². The Bertz CT molecular complexity index is 1670. The van der Waals surface area contributed by atoms with Crippen LogP contribution >= 0.6 is 0 Å². The molecule has 0 radical (unpaired) electrons. The van der Waals surface area contributed by atoms with Crippen LogP contribution in [0.1, 0.15) is 47.1 Å². The van der Waals surface area contributed by atoms with Gasteiger partial charge in [0.2, 0.25) is 5.60 Å². The average molecular weight is 572 g/mol. The summed E-state index contributed by atoms with van der Waals surface area (Å²) in [4.78, 5) is 13.7. The van der Waals surface area contributed by atoms with Crippen LogP contribution < -0.4 is 5.32 Å². The monoisotopic (exact) mass is 571 g/mol. The predicted octanol–water partition coefficient (Wildman–Crippen LogP) is 5.33. The lowest BCUT2D eigenvalue weighted by molar-refractivity contribution is -0.137. The number of aliphatic hydroxyl groups is 1. The third-order valence-electron chi connectivity index (χ3n) is 7.45. The molecule has 3 aromatic rings. The Morgan fingerprint density at radius 3 is 2.40 bits per heavy atom. The smallest absolute Gasteiger partial charge is 0.369 e. The molecule has 1 aliphatic heterocycles. The SMILES string of the molecule is Cc1ccc(C#CC(O)(CC2(c3cc(C(F)(F)F)ccc3F)CC2)C(=O)Nc2ccc3c(c2)CCS3(=O)=O)cc1. The summed E-state index contributed by atoms with van der Waals surface area (Å²) in [5, 5.41) is 14.2. The van der Waals surface area contributed by atoms with E-state index >= 15 is 0 Å². The summed E-state index contributed by atoms with van der Waals surface area (Å²) < 4.78 is 79.4. The predicted molar refractivity (Wildman–Crippen MR) is 141 cm³/mol. The van der Waals surface area contributed by atoms with Crippen LogP contribution in [0, 0.1) is 24.6 Å². The molecular weight excluding hydrogens is 546 g/mol. The number of anilines is 1. The van der Waals surface area contributed by atoms with E-state index in [0.29, 0.717) is 17.2 Å². The fourth-order valence-corrected chi connectivity index (χ4v) is 6.57. The maximum Gasteiger partial charge on any atom is 0.416 e. The molecular formula is C30H25F4NO4S. The van der Waals surface area contributed by atoms with Crippen LogP contribution in [0.4, 0.5) is 23.2 Å². The zero-order chi connectivity index (χ0) is 28.9. The molecule has 40 heavy (non-hydrogen) atoms. The highest BCUT2D eigenvalue weighted by Crippen LogP contribution is 2.55. The van der Waals surface area contributed by atoms with E-state index in [4.69, 9.17) is 0 Å². The van der Waals surface area contributed by atoms with Gasteiger partial charge < -0.3 is 10.4 Å². The summed E-state index contributed by atoms with van der Waals surface area (Å²) in [5.74, 6) is 3.51. The van der Waals surface area contributed by atoms with Crippen LogP contribution in [-0.2, 0) is 32.6 Å². The van der Waals surface area contributed by atoms with Crippen LogP contribution in [0.25, 0.3) is 0 Å². The van der Waals surface area contributed by atoms with Gasteiger partial charge in [-0.05, 0) is 85.8 Å². The Morgan fingerprint density at radius 2 is 1.75 bits per heavy atom. The van der Waals surface area contributed by atoms with Crippen molar-refractivity contribution in [3.8, 4) is 11.8 Å². The van der Waals surface area contributed by atoms with Crippen molar-refractivity contribution in [3.63, 3.8) is 0 Å². The van der Waals surface area contributed by atoms with Gasteiger partial charge in [-0.2, -0.15) is 13.2 Å². The Labute approximate surface area is 229 Å². The molecule has 5 rings (SSSR count). The van der Waals surface area contributed by atoms with Gasteiger partial charge in [0, 0.05) is 23.1 Å². The van der Waals surface area contributed by atoms with E-state index < -0.39 is 50.7 Å². The normalized spacial score (nSPS) is 18.1. The second kappa shape index (κ2) is 9.75. The molecule has 1 atom stereocenters. The number of hydrogen-bond acceptors (Lipinski definition) is 4. The van der Waals surface area contributed by atoms with Crippen LogP contribution in [0.2, 0.25) is 0 Å². The van der Waals surface area contributed by atoms with Gasteiger partial charge in [-0.25, -0.2) is 12.8 Å². The number of nitrogens with one attached hydrogen (secondary N) is 1. The van der Waals surface area contributed by atoms with Crippen molar-refractivity contribution in [1.82, 2.24) is 0 Å². The van der Waals surface area contributed by atoms with Crippen LogP contribution in [-0.4, -0.2) is 30.8 Å². The lowest BCUT2D eigenvalue weighted by Gasteiger charge is -2.28. The molecule has 1 fully saturated rings. The minimum atomic E-state index is -4.70. The van der Waals surface area contributed by atoms with Gasteiger partial charge in [-0.15, -0.1) is 0 Å². The number of benzene rings is 3. The van der Waals surface area contributed by atoms with E-state index in [1.54, 1.807) is 24.3 Å². The first-order valence-corrected chi connectivity index (χ1v) is 14.2. The molecule has 0 spiro atoms. The standard InChI is InChI=1S/C30H25F4NO4S/c1-19-2-4-20(5-3-19)10-12-29(37,27(36)35-23-7-9-26-21(16-23)11-15-40(26,38)39)18-28(13-14-28)24-17-22(30(32,33)34)6-8-25(24)31/h2-9,16-17,37H,11,13-15,18H2,1H3,(H,35,36). The first-order valence-electron chi connectivity index (χ1n) is 12.6. The summed E-state index contributed by atoms with van der Waals surface area (Å²) in [6.45, 7) is 1.88. The number of sulfone groups is 1. The van der Waals surface area contributed by atoms with E-state index in [1.807, 2.05) is 6.92 Å². The maximum absolute atomic E-state index is 14.9. The molecule has 2 N–H and O–H groups in total. The Balaban J connectivity index is 1.51. The van der Waals surface area contributed by atoms with Gasteiger partial charge in [0.15, 0.2) is 9.84 Å². The molecule has 1 saturated carbocycles. The number of hydrogen-bond donors (Lipinski definition) is 2. The van der Waals surface area contributed by atoms with Gasteiger partial charge in [0.1, 0.15) is 5.82 Å². The van der Waals surface area contributed by atoms with Gasteiger partial charge in [-0.1, -0.05) is 29.5 Å². The minimum absolute atomic E-state index is 0.0449. The zero-order valence-electron chi connectivity index (χ0n) is 21.4. The molecule has 1 aliphatic carbocycles. The molecule has 0 aromatic heterocycles. The van der Waals surface area contributed by atoms with Gasteiger partial charge in [-0.3, -0.25) is 4.79 Å². The molecule has 3 aromatic carbocycles. The molecule has 1 unspecified atom stereocenters. The van der Waals surface area contributed by atoms with Crippen molar-refractivity contribution in [1.29, 1.82) is 0 Å². The number of rotatable bonds is 5. The quantitative estimate of drug-likeness (QED) is 0.321. The summed E-state index contributed by atoms with van der Waals surface area (Å²) in [7, 11) is -3.39. The lowest BCUT2D eigenvalue weighted by atomic mass is 9.81. The number of carbonyl (C=O) groups is 1. The van der Waals surface area contributed by atoms with Crippen LogP contribution in [0.5, 0.6) is 0 Å². The highest BCUT2D eigenvalue weighted by Gasteiger charge is 2.54. The Hall–Kier alpha value is -3.68. The second-order valence-electron chi connectivity index (χ2n) is 10.5. The minimum Gasteiger partial charge on any atom is -0.369 e. The van der Waals surface area contributed by atoms with Crippen molar-refractivity contribution in [2.75, 3.05) is 11.1 Å². The Morgan fingerprint density at radius 1 is 1.05 bits per heavy atom. The van der Waals surface area contributed by atoms with Gasteiger partial charge >= 0.3 is 6.18 Å². The first-order chi connectivity index (χ1) is 18.7. The third-order valence-corrected chi connectivity index (χ3v) is 9.26. The highest BCUT2D eigenvalue weighted by molar-refractivity contribution is 7.91. The number of alkyl halides is 3. The lowest BCUT2D eigenvalue weighted by Crippen LogP contribution is -2.44. The maximum atomic E-state index is 14.9. The molecule has 208 valence electrons. The van der Waals surface area contributed by atoms with Crippen molar-refractivity contribution in [2.45, 2.75) is 54.7 Å². The van der Waals surface area contributed by atoms with E-state index in [0.717, 1.165) is 17.7 Å². The van der Waals surface area contributed by atoms with Crippen molar-refractivity contribution in [3.05, 3.63) is 94.3 Å². The number of carbonyl (C=O) groups excluding carboxylic acids is 1. The summed E-state index contributed by atoms with van der Waals surface area (Å²) >= 11 is 0. The zero-order valence-corrected chi connectivity index (χ0v) is 22.2. The number of aryl methyl sites for hydroxylation is 2. The van der Waals surface area contributed by atoms with Crippen molar-refractivity contribution >= 4 is 21.4 Å². The molecule has 1 amide bonds. The molecule has 0 bridgehead atoms. The molecule has 2 aliphatic rings.